The normalized spacial score (nSPS) is 10.3. The van der Waals surface area contributed by atoms with Crippen LogP contribution in [0.15, 0.2) is 72.8 Å². The third-order valence-electron chi connectivity index (χ3n) is 3.79. The molecule has 0 spiro atoms. The van der Waals surface area contributed by atoms with Gasteiger partial charge in [-0.1, -0.05) is 53.5 Å². The van der Waals surface area contributed by atoms with Crippen LogP contribution in [0.5, 0.6) is 0 Å². The highest BCUT2D eigenvalue weighted by molar-refractivity contribution is 6.34. The Hall–Kier alpha value is -2.82. The van der Waals surface area contributed by atoms with Gasteiger partial charge in [0.2, 0.25) is 5.91 Å². The Morgan fingerprint density at radius 1 is 0.815 bits per heavy atom. The number of anilines is 2. The van der Waals surface area contributed by atoms with Crippen molar-refractivity contribution >= 4 is 46.4 Å². The van der Waals surface area contributed by atoms with Gasteiger partial charge >= 0.3 is 0 Å². The molecular formula is C21H16Cl2N2O2. The van der Waals surface area contributed by atoms with Crippen LogP contribution in [-0.4, -0.2) is 11.8 Å². The summed E-state index contributed by atoms with van der Waals surface area (Å²) in [6.07, 6.45) is 0.150. The summed E-state index contributed by atoms with van der Waals surface area (Å²) in [4.78, 5) is 24.7. The number of nitrogens with one attached hydrogen (secondary N) is 2. The van der Waals surface area contributed by atoms with E-state index in [0.29, 0.717) is 27.0 Å². The van der Waals surface area contributed by atoms with Crippen LogP contribution >= 0.6 is 23.2 Å². The van der Waals surface area contributed by atoms with Gasteiger partial charge in [-0.3, -0.25) is 9.59 Å². The molecule has 0 fully saturated rings. The Morgan fingerprint density at radius 3 is 2.33 bits per heavy atom. The van der Waals surface area contributed by atoms with E-state index in [-0.39, 0.29) is 18.2 Å². The highest BCUT2D eigenvalue weighted by Crippen LogP contribution is 2.24. The summed E-state index contributed by atoms with van der Waals surface area (Å²) >= 11 is 12.1. The minimum Gasteiger partial charge on any atom is -0.324 e. The molecule has 3 rings (SSSR count). The molecule has 0 bridgehead atoms. The Kier molecular flexibility index (Phi) is 6.12. The fourth-order valence-corrected chi connectivity index (χ4v) is 2.89. The number of para-hydroxylation sites is 1. The van der Waals surface area contributed by atoms with Gasteiger partial charge < -0.3 is 10.6 Å². The van der Waals surface area contributed by atoms with E-state index in [1.165, 1.54) is 0 Å². The zero-order chi connectivity index (χ0) is 19.2. The Labute approximate surface area is 167 Å². The smallest absolute Gasteiger partial charge is 0.255 e. The SMILES string of the molecule is O=C(Cc1cccc(Cl)c1)Nc1cc(C(=O)Nc2ccccc2)ccc1Cl. The molecule has 0 aliphatic carbocycles. The first kappa shape index (κ1) is 19.0. The van der Waals surface area contributed by atoms with Crippen LogP contribution in [-0.2, 0) is 11.2 Å². The number of carbonyl (C=O) groups excluding carboxylic acids is 2. The maximum atomic E-state index is 12.4. The number of benzene rings is 3. The van der Waals surface area contributed by atoms with Crippen molar-refractivity contribution in [3.05, 3.63) is 94.0 Å². The summed E-state index contributed by atoms with van der Waals surface area (Å²) in [6, 6.07) is 20.9. The van der Waals surface area contributed by atoms with Crippen LogP contribution < -0.4 is 10.6 Å². The molecule has 3 aromatic rings. The molecule has 4 nitrogen and oxygen atoms in total. The molecule has 2 amide bonds. The molecule has 0 aromatic heterocycles. The number of hydrogen-bond donors (Lipinski definition) is 2. The van der Waals surface area contributed by atoms with Crippen LogP contribution in [0.2, 0.25) is 10.0 Å². The molecule has 0 unspecified atom stereocenters. The third-order valence-corrected chi connectivity index (χ3v) is 4.35. The molecule has 0 aliphatic rings. The molecular weight excluding hydrogens is 383 g/mol. The van der Waals surface area contributed by atoms with Crippen LogP contribution in [0.4, 0.5) is 11.4 Å². The molecule has 136 valence electrons. The molecule has 0 aliphatic heterocycles. The highest BCUT2D eigenvalue weighted by atomic mass is 35.5. The van der Waals surface area contributed by atoms with Crippen molar-refractivity contribution in [1.29, 1.82) is 0 Å². The van der Waals surface area contributed by atoms with E-state index >= 15 is 0 Å². The Morgan fingerprint density at radius 2 is 1.59 bits per heavy atom. The van der Waals surface area contributed by atoms with Crippen LogP contribution in [0.25, 0.3) is 0 Å². The largest absolute Gasteiger partial charge is 0.324 e. The second kappa shape index (κ2) is 8.71. The molecule has 0 saturated carbocycles. The summed E-state index contributed by atoms with van der Waals surface area (Å²) in [6.45, 7) is 0. The average molecular weight is 399 g/mol. The summed E-state index contributed by atoms with van der Waals surface area (Å²) < 4.78 is 0. The lowest BCUT2D eigenvalue weighted by atomic mass is 10.1. The first-order valence-electron chi connectivity index (χ1n) is 8.21. The number of rotatable bonds is 5. The van der Waals surface area contributed by atoms with Gasteiger partial charge in [0, 0.05) is 16.3 Å². The van der Waals surface area contributed by atoms with Crippen molar-refractivity contribution in [2.75, 3.05) is 10.6 Å². The number of halogens is 2. The third kappa shape index (κ3) is 5.33. The second-order valence-corrected chi connectivity index (χ2v) is 6.71. The predicted octanol–water partition coefficient (Wildman–Crippen LogP) is 5.43. The van der Waals surface area contributed by atoms with Crippen LogP contribution in [0.1, 0.15) is 15.9 Å². The van der Waals surface area contributed by atoms with Gasteiger partial charge in [-0.25, -0.2) is 0 Å². The zero-order valence-electron chi connectivity index (χ0n) is 14.2. The van der Waals surface area contributed by atoms with E-state index in [1.54, 1.807) is 48.5 Å². The van der Waals surface area contributed by atoms with Gasteiger partial charge in [0.05, 0.1) is 17.1 Å². The van der Waals surface area contributed by atoms with Crippen LogP contribution in [0, 0.1) is 0 Å². The minimum absolute atomic E-state index is 0.150. The van der Waals surface area contributed by atoms with E-state index in [9.17, 15) is 9.59 Å². The van der Waals surface area contributed by atoms with Crippen molar-refractivity contribution in [1.82, 2.24) is 0 Å². The predicted molar refractivity (Wildman–Crippen MR) is 110 cm³/mol. The first-order valence-corrected chi connectivity index (χ1v) is 8.97. The summed E-state index contributed by atoms with van der Waals surface area (Å²) in [5.74, 6) is -0.539. The average Bonchev–Trinajstić information content (AvgIpc) is 2.64. The zero-order valence-corrected chi connectivity index (χ0v) is 15.7. The molecule has 0 heterocycles. The highest BCUT2D eigenvalue weighted by Gasteiger charge is 2.12. The van der Waals surface area contributed by atoms with Crippen molar-refractivity contribution in [3.63, 3.8) is 0 Å². The van der Waals surface area contributed by atoms with E-state index < -0.39 is 0 Å². The molecule has 3 aromatic carbocycles. The van der Waals surface area contributed by atoms with E-state index in [1.807, 2.05) is 24.3 Å². The lowest BCUT2D eigenvalue weighted by Gasteiger charge is -2.10. The van der Waals surface area contributed by atoms with E-state index in [4.69, 9.17) is 23.2 Å². The molecule has 0 atom stereocenters. The molecule has 6 heteroatoms. The van der Waals surface area contributed by atoms with Gasteiger partial charge in [0.15, 0.2) is 0 Å². The van der Waals surface area contributed by atoms with E-state index in [2.05, 4.69) is 10.6 Å². The topological polar surface area (TPSA) is 58.2 Å². The van der Waals surface area contributed by atoms with Crippen LogP contribution in [0.3, 0.4) is 0 Å². The molecule has 0 radical (unpaired) electrons. The van der Waals surface area contributed by atoms with Gasteiger partial charge in [0.25, 0.3) is 5.91 Å². The molecule has 2 N–H and O–H groups in total. The fraction of sp³-hybridized carbons (Fsp3) is 0.0476. The maximum absolute atomic E-state index is 12.4. The lowest BCUT2D eigenvalue weighted by Crippen LogP contribution is -2.16. The Bertz CT molecular complexity index is 975. The summed E-state index contributed by atoms with van der Waals surface area (Å²) in [7, 11) is 0. The summed E-state index contributed by atoms with van der Waals surface area (Å²) in [5, 5.41) is 6.46. The number of amides is 2. The standard InChI is InChI=1S/C21H16Cl2N2O2/c22-16-6-4-5-14(11-16)12-20(26)25-19-13-15(9-10-18(19)23)21(27)24-17-7-2-1-3-8-17/h1-11,13H,12H2,(H,24,27)(H,25,26). The summed E-state index contributed by atoms with van der Waals surface area (Å²) in [5.41, 5.74) is 2.24. The van der Waals surface area contributed by atoms with Gasteiger partial charge in [0.1, 0.15) is 0 Å². The van der Waals surface area contributed by atoms with Gasteiger partial charge in [-0.2, -0.15) is 0 Å². The Balaban J connectivity index is 1.71. The van der Waals surface area contributed by atoms with Gasteiger partial charge in [-0.15, -0.1) is 0 Å². The molecule has 0 saturated heterocycles. The molecule has 27 heavy (non-hydrogen) atoms. The van der Waals surface area contributed by atoms with Crippen molar-refractivity contribution in [2.24, 2.45) is 0 Å². The van der Waals surface area contributed by atoms with Crippen molar-refractivity contribution in [3.8, 4) is 0 Å². The fourth-order valence-electron chi connectivity index (χ4n) is 2.51. The van der Waals surface area contributed by atoms with Gasteiger partial charge in [-0.05, 0) is 48.0 Å². The number of hydrogen-bond acceptors (Lipinski definition) is 2. The lowest BCUT2D eigenvalue weighted by molar-refractivity contribution is -0.115. The minimum atomic E-state index is -0.289. The maximum Gasteiger partial charge on any atom is 0.255 e. The second-order valence-electron chi connectivity index (χ2n) is 5.87. The first-order chi connectivity index (χ1) is 13.0. The van der Waals surface area contributed by atoms with Crippen molar-refractivity contribution in [2.45, 2.75) is 6.42 Å². The quantitative estimate of drug-likeness (QED) is 0.601. The number of carbonyl (C=O) groups is 2. The van der Waals surface area contributed by atoms with Crippen molar-refractivity contribution < 1.29 is 9.59 Å². The van der Waals surface area contributed by atoms with E-state index in [0.717, 1.165) is 5.56 Å². The monoisotopic (exact) mass is 398 g/mol.